The van der Waals surface area contributed by atoms with Crippen molar-refractivity contribution in [2.45, 2.75) is 31.1 Å². The van der Waals surface area contributed by atoms with Crippen LogP contribution in [-0.2, 0) is 10.0 Å². The van der Waals surface area contributed by atoms with Crippen LogP contribution in [0.1, 0.15) is 36.5 Å². The topological polar surface area (TPSA) is 109 Å². The van der Waals surface area contributed by atoms with E-state index in [1.54, 1.807) is 0 Å². The third-order valence-electron chi connectivity index (χ3n) is 2.70. The molecule has 0 unspecified atom stereocenters. The summed E-state index contributed by atoms with van der Waals surface area (Å²) in [6.45, 7) is 2.64. The fourth-order valence-electron chi connectivity index (χ4n) is 1.69. The molecular formula is C12H17ClN2O4S. The number of hydrogen-bond acceptors (Lipinski definition) is 4. The van der Waals surface area contributed by atoms with E-state index in [4.69, 9.17) is 21.8 Å². The van der Waals surface area contributed by atoms with Crippen LogP contribution in [0.5, 0.6) is 0 Å². The molecule has 0 saturated carbocycles. The lowest BCUT2D eigenvalue weighted by atomic mass is 10.1. The lowest BCUT2D eigenvalue weighted by Crippen LogP contribution is -2.15. The molecule has 112 valence electrons. The molecule has 4 N–H and O–H groups in total. The molecule has 0 bridgehead atoms. The normalized spacial score (nSPS) is 11.3. The maximum absolute atomic E-state index is 11.3. The highest BCUT2D eigenvalue weighted by atomic mass is 35.5. The third kappa shape index (κ3) is 4.36. The number of carboxylic acids is 1. The van der Waals surface area contributed by atoms with Gasteiger partial charge in [-0.3, -0.25) is 0 Å². The van der Waals surface area contributed by atoms with Crippen LogP contribution in [0.25, 0.3) is 0 Å². The molecule has 1 aromatic rings. The van der Waals surface area contributed by atoms with Crippen LogP contribution in [0.4, 0.5) is 5.69 Å². The quantitative estimate of drug-likeness (QED) is 0.668. The molecule has 0 saturated heterocycles. The third-order valence-corrected chi connectivity index (χ3v) is 4.08. The summed E-state index contributed by atoms with van der Waals surface area (Å²) in [5.74, 6) is -1.25. The van der Waals surface area contributed by atoms with Crippen LogP contribution in [0, 0.1) is 0 Å². The summed E-state index contributed by atoms with van der Waals surface area (Å²) in [5.41, 5.74) is 0.112. The molecule has 0 radical (unpaired) electrons. The average Bonchev–Trinajstić information content (AvgIpc) is 2.32. The van der Waals surface area contributed by atoms with Crippen LogP contribution in [0.2, 0.25) is 5.02 Å². The second kappa shape index (κ2) is 6.92. The number of aromatic carboxylic acids is 1. The van der Waals surface area contributed by atoms with E-state index in [9.17, 15) is 13.2 Å². The first-order valence-electron chi connectivity index (χ1n) is 6.11. The van der Waals surface area contributed by atoms with Crippen molar-refractivity contribution < 1.29 is 18.3 Å². The predicted octanol–water partition coefficient (Wildman–Crippen LogP) is 2.29. The van der Waals surface area contributed by atoms with E-state index in [-0.39, 0.29) is 16.3 Å². The van der Waals surface area contributed by atoms with Crippen molar-refractivity contribution in [3.63, 3.8) is 0 Å². The van der Waals surface area contributed by atoms with Crippen LogP contribution < -0.4 is 10.5 Å². The number of primary sulfonamides is 1. The van der Waals surface area contributed by atoms with Gasteiger partial charge in [0.1, 0.15) is 4.90 Å². The van der Waals surface area contributed by atoms with E-state index in [1.807, 2.05) is 0 Å². The Bertz CT molecular complexity index is 602. The number of sulfonamides is 1. The van der Waals surface area contributed by atoms with Crippen molar-refractivity contribution in [1.29, 1.82) is 0 Å². The van der Waals surface area contributed by atoms with Gasteiger partial charge in [-0.2, -0.15) is 0 Å². The van der Waals surface area contributed by atoms with Crippen molar-refractivity contribution >= 4 is 33.3 Å². The van der Waals surface area contributed by atoms with Gasteiger partial charge >= 0.3 is 5.97 Å². The summed E-state index contributed by atoms with van der Waals surface area (Å²) < 4.78 is 22.6. The van der Waals surface area contributed by atoms with E-state index in [1.165, 1.54) is 6.07 Å². The summed E-state index contributed by atoms with van der Waals surface area (Å²) in [5, 5.41) is 17.0. The first-order valence-corrected chi connectivity index (χ1v) is 8.03. The van der Waals surface area contributed by atoms with Gasteiger partial charge in [0.15, 0.2) is 0 Å². The molecule has 0 amide bonds. The highest BCUT2D eigenvalue weighted by Gasteiger charge is 2.19. The molecule has 0 heterocycles. The minimum Gasteiger partial charge on any atom is -0.478 e. The molecular weight excluding hydrogens is 304 g/mol. The number of hydrogen-bond donors (Lipinski definition) is 3. The summed E-state index contributed by atoms with van der Waals surface area (Å²) in [4.78, 5) is 10.8. The number of halogens is 1. The van der Waals surface area contributed by atoms with Crippen LogP contribution in [0.3, 0.4) is 0 Å². The molecule has 0 aliphatic heterocycles. The fraction of sp³-hybridized carbons (Fsp3) is 0.417. The molecule has 6 nitrogen and oxygen atoms in total. The standard InChI is InChI=1S/C12H17ClN2O4S/c1-2-3-4-5-15-10-7-9(13)11(20(14,18)19)6-8(10)12(16)17/h6-7,15H,2-5H2,1H3,(H,16,17)(H2,14,18,19). The highest BCUT2D eigenvalue weighted by Crippen LogP contribution is 2.28. The Labute approximate surface area is 123 Å². The lowest BCUT2D eigenvalue weighted by Gasteiger charge is -2.12. The Kier molecular flexibility index (Phi) is 5.79. The minimum atomic E-state index is -4.06. The van der Waals surface area contributed by atoms with Gasteiger partial charge in [-0.05, 0) is 18.6 Å². The number of carboxylic acid groups (broad SMARTS) is 1. The highest BCUT2D eigenvalue weighted by molar-refractivity contribution is 7.89. The molecule has 0 aliphatic carbocycles. The zero-order chi connectivity index (χ0) is 15.3. The summed E-state index contributed by atoms with van der Waals surface area (Å²) >= 11 is 5.84. The molecule has 1 aromatic carbocycles. The van der Waals surface area contributed by atoms with Gasteiger partial charge in [-0.1, -0.05) is 31.4 Å². The lowest BCUT2D eigenvalue weighted by molar-refractivity contribution is 0.0697. The average molecular weight is 321 g/mol. The predicted molar refractivity (Wildman–Crippen MR) is 77.8 cm³/mol. The van der Waals surface area contributed by atoms with Gasteiger partial charge in [0.05, 0.1) is 16.3 Å². The minimum absolute atomic E-state index is 0.101. The number of nitrogens with one attached hydrogen (secondary N) is 1. The second-order valence-corrected chi connectivity index (χ2v) is 6.25. The monoisotopic (exact) mass is 320 g/mol. The maximum Gasteiger partial charge on any atom is 0.337 e. The van der Waals surface area contributed by atoms with E-state index in [2.05, 4.69) is 12.2 Å². The van der Waals surface area contributed by atoms with Crippen molar-refractivity contribution in [2.75, 3.05) is 11.9 Å². The van der Waals surface area contributed by atoms with E-state index >= 15 is 0 Å². The Morgan fingerprint density at radius 3 is 2.55 bits per heavy atom. The van der Waals surface area contributed by atoms with Gasteiger partial charge in [0, 0.05) is 6.54 Å². The van der Waals surface area contributed by atoms with Crippen LogP contribution in [-0.4, -0.2) is 26.0 Å². The molecule has 0 aromatic heterocycles. The zero-order valence-electron chi connectivity index (χ0n) is 11.0. The first kappa shape index (κ1) is 16.7. The molecule has 0 aliphatic rings. The van der Waals surface area contributed by atoms with Crippen molar-refractivity contribution in [3.05, 3.63) is 22.7 Å². The molecule has 0 fully saturated rings. The summed E-state index contributed by atoms with van der Waals surface area (Å²) in [7, 11) is -4.06. The number of benzene rings is 1. The largest absolute Gasteiger partial charge is 0.478 e. The van der Waals surface area contributed by atoms with Gasteiger partial charge in [0.25, 0.3) is 0 Å². The number of anilines is 1. The van der Waals surface area contributed by atoms with Crippen molar-refractivity contribution in [1.82, 2.24) is 0 Å². The number of unbranched alkanes of at least 4 members (excludes halogenated alkanes) is 2. The van der Waals surface area contributed by atoms with Gasteiger partial charge in [0.2, 0.25) is 10.0 Å². The van der Waals surface area contributed by atoms with Gasteiger partial charge in [-0.25, -0.2) is 18.4 Å². The Morgan fingerprint density at radius 1 is 1.40 bits per heavy atom. The number of rotatable bonds is 7. The second-order valence-electron chi connectivity index (χ2n) is 4.31. The van der Waals surface area contributed by atoms with Crippen molar-refractivity contribution in [2.24, 2.45) is 5.14 Å². The molecule has 8 heteroatoms. The van der Waals surface area contributed by atoms with Crippen LogP contribution in [0.15, 0.2) is 17.0 Å². The first-order chi connectivity index (χ1) is 9.27. The smallest absolute Gasteiger partial charge is 0.337 e. The van der Waals surface area contributed by atoms with E-state index < -0.39 is 20.9 Å². The van der Waals surface area contributed by atoms with E-state index in [0.29, 0.717) is 6.54 Å². The fourth-order valence-corrected chi connectivity index (χ4v) is 2.79. The molecule has 0 atom stereocenters. The zero-order valence-corrected chi connectivity index (χ0v) is 12.6. The Morgan fingerprint density at radius 2 is 2.05 bits per heavy atom. The number of carbonyl (C=O) groups is 1. The van der Waals surface area contributed by atoms with Crippen LogP contribution >= 0.6 is 11.6 Å². The molecule has 1 rings (SSSR count). The van der Waals surface area contributed by atoms with E-state index in [0.717, 1.165) is 25.3 Å². The molecule has 0 spiro atoms. The van der Waals surface area contributed by atoms with Crippen molar-refractivity contribution in [3.8, 4) is 0 Å². The maximum atomic E-state index is 11.3. The molecule has 20 heavy (non-hydrogen) atoms. The number of nitrogens with two attached hydrogens (primary N) is 1. The Hall–Kier alpha value is -1.31. The van der Waals surface area contributed by atoms with Gasteiger partial charge < -0.3 is 10.4 Å². The van der Waals surface area contributed by atoms with Gasteiger partial charge in [-0.15, -0.1) is 0 Å². The summed E-state index contributed by atoms with van der Waals surface area (Å²) in [6, 6.07) is 2.25. The Balaban J connectivity index is 3.12. The SMILES string of the molecule is CCCCCNc1cc(Cl)c(S(N)(=O)=O)cc1C(=O)O. The summed E-state index contributed by atoms with van der Waals surface area (Å²) in [6.07, 6.45) is 2.93.